The Morgan fingerprint density at radius 1 is 0.750 bits per heavy atom. The Kier molecular flexibility index (Phi) is 8.71. The summed E-state index contributed by atoms with van der Waals surface area (Å²) < 4.78 is 66.7. The summed E-state index contributed by atoms with van der Waals surface area (Å²) in [4.78, 5) is 15.2. The Labute approximate surface area is 235 Å². The molecule has 1 saturated heterocycles. The first-order chi connectivity index (χ1) is 19.0. The standard InChI is InChI=1S/C28H33N3O7S2/c1-21-5-10-24(11-6-21)39(33,34)30-17-15-29(16-18-30)28(32)20-31(23-9-14-26(37-3)27(19-23)38-4)40(35,36)25-12-7-22(2)8-13-25/h5-14,19H,15-18,20H2,1-4H3. The fraction of sp³-hybridized carbons (Fsp3) is 0.321. The molecule has 1 aliphatic heterocycles. The van der Waals surface area contributed by atoms with E-state index in [1.54, 1.807) is 48.5 Å². The highest BCUT2D eigenvalue weighted by Gasteiger charge is 2.33. The number of carbonyl (C=O) groups excluding carboxylic acids is 1. The van der Waals surface area contributed by atoms with Gasteiger partial charge in [-0.15, -0.1) is 0 Å². The van der Waals surface area contributed by atoms with Crippen molar-refractivity contribution < 1.29 is 31.1 Å². The Bertz CT molecular complexity index is 1570. The van der Waals surface area contributed by atoms with Crippen molar-refractivity contribution in [3.05, 3.63) is 77.9 Å². The molecule has 214 valence electrons. The number of rotatable bonds is 9. The molecule has 10 nitrogen and oxygen atoms in total. The molecule has 3 aromatic carbocycles. The van der Waals surface area contributed by atoms with Gasteiger partial charge in [-0.05, 0) is 50.2 Å². The lowest BCUT2D eigenvalue weighted by atomic mass is 10.2. The minimum absolute atomic E-state index is 0.0368. The summed E-state index contributed by atoms with van der Waals surface area (Å²) in [6.45, 7) is 3.72. The summed E-state index contributed by atoms with van der Waals surface area (Å²) in [6, 6.07) is 17.6. The summed E-state index contributed by atoms with van der Waals surface area (Å²) in [7, 11) is -4.93. The third kappa shape index (κ3) is 6.08. The van der Waals surface area contributed by atoms with Crippen LogP contribution in [0.3, 0.4) is 0 Å². The van der Waals surface area contributed by atoms with Gasteiger partial charge in [-0.25, -0.2) is 16.8 Å². The molecule has 0 spiro atoms. The molecule has 0 bridgehead atoms. The molecule has 1 amide bonds. The van der Waals surface area contributed by atoms with Crippen LogP contribution < -0.4 is 13.8 Å². The smallest absolute Gasteiger partial charge is 0.264 e. The average molecular weight is 588 g/mol. The Morgan fingerprint density at radius 3 is 1.80 bits per heavy atom. The average Bonchev–Trinajstić information content (AvgIpc) is 2.95. The van der Waals surface area contributed by atoms with Crippen LogP contribution in [0.5, 0.6) is 11.5 Å². The van der Waals surface area contributed by atoms with E-state index in [4.69, 9.17) is 9.47 Å². The van der Waals surface area contributed by atoms with E-state index in [2.05, 4.69) is 0 Å². The van der Waals surface area contributed by atoms with E-state index in [9.17, 15) is 21.6 Å². The number of anilines is 1. The second-order valence-electron chi connectivity index (χ2n) is 9.46. The van der Waals surface area contributed by atoms with Gasteiger partial charge in [0.15, 0.2) is 11.5 Å². The molecule has 0 N–H and O–H groups in total. The van der Waals surface area contributed by atoms with Gasteiger partial charge in [-0.3, -0.25) is 9.10 Å². The minimum atomic E-state index is -4.14. The lowest BCUT2D eigenvalue weighted by Gasteiger charge is -2.35. The van der Waals surface area contributed by atoms with E-state index < -0.39 is 32.5 Å². The summed E-state index contributed by atoms with van der Waals surface area (Å²) in [5, 5.41) is 0. The van der Waals surface area contributed by atoms with Crippen LogP contribution in [0, 0.1) is 13.8 Å². The number of amides is 1. The fourth-order valence-electron chi connectivity index (χ4n) is 4.39. The third-order valence-electron chi connectivity index (χ3n) is 6.79. The molecule has 0 aliphatic carbocycles. The van der Waals surface area contributed by atoms with Crippen molar-refractivity contribution in [1.29, 1.82) is 0 Å². The first kappa shape index (κ1) is 29.4. The first-order valence-corrected chi connectivity index (χ1v) is 15.5. The summed E-state index contributed by atoms with van der Waals surface area (Å²) in [5.41, 5.74) is 2.08. The summed E-state index contributed by atoms with van der Waals surface area (Å²) >= 11 is 0. The number of aryl methyl sites for hydroxylation is 2. The van der Waals surface area contributed by atoms with E-state index in [0.29, 0.717) is 11.5 Å². The second kappa shape index (κ2) is 11.9. The molecule has 1 heterocycles. The van der Waals surface area contributed by atoms with Crippen LogP contribution in [-0.2, 0) is 24.8 Å². The Morgan fingerprint density at radius 2 is 1.27 bits per heavy atom. The lowest BCUT2D eigenvalue weighted by Crippen LogP contribution is -2.53. The molecule has 3 aromatic rings. The molecular weight excluding hydrogens is 554 g/mol. The normalized spacial score (nSPS) is 14.6. The Balaban J connectivity index is 1.57. The molecule has 0 unspecified atom stereocenters. The monoisotopic (exact) mass is 587 g/mol. The van der Waals surface area contributed by atoms with E-state index in [1.807, 2.05) is 13.8 Å². The molecule has 1 aliphatic rings. The van der Waals surface area contributed by atoms with E-state index in [-0.39, 0.29) is 41.7 Å². The lowest BCUT2D eigenvalue weighted by molar-refractivity contribution is -0.130. The quantitative estimate of drug-likeness (QED) is 0.378. The predicted octanol–water partition coefficient (Wildman–Crippen LogP) is 3.05. The number of ether oxygens (including phenoxy) is 2. The number of methoxy groups -OCH3 is 2. The van der Waals surface area contributed by atoms with Crippen LogP contribution >= 0.6 is 0 Å². The molecule has 12 heteroatoms. The molecule has 1 fully saturated rings. The van der Waals surface area contributed by atoms with Crippen molar-refractivity contribution in [3.63, 3.8) is 0 Å². The summed E-state index contributed by atoms with van der Waals surface area (Å²) in [5.74, 6) is 0.278. The van der Waals surface area contributed by atoms with E-state index in [1.165, 1.54) is 41.6 Å². The van der Waals surface area contributed by atoms with Crippen LogP contribution in [0.1, 0.15) is 11.1 Å². The highest BCUT2D eigenvalue weighted by Crippen LogP contribution is 2.34. The molecule has 4 rings (SSSR count). The fourth-order valence-corrected chi connectivity index (χ4v) is 7.22. The zero-order valence-electron chi connectivity index (χ0n) is 22.9. The maximum atomic E-state index is 13.8. The van der Waals surface area contributed by atoms with Crippen LogP contribution in [0.25, 0.3) is 0 Å². The van der Waals surface area contributed by atoms with Crippen LogP contribution in [-0.4, -0.2) is 78.9 Å². The van der Waals surface area contributed by atoms with Gasteiger partial charge in [-0.1, -0.05) is 35.4 Å². The van der Waals surface area contributed by atoms with Crippen molar-refractivity contribution >= 4 is 31.6 Å². The number of hydrogen-bond donors (Lipinski definition) is 0. The van der Waals surface area contributed by atoms with Gasteiger partial charge in [0.05, 0.1) is 29.7 Å². The Hall–Kier alpha value is -3.61. The van der Waals surface area contributed by atoms with Crippen LogP contribution in [0.2, 0.25) is 0 Å². The topological polar surface area (TPSA) is 114 Å². The number of nitrogens with zero attached hydrogens (tertiary/aromatic N) is 3. The number of carbonyl (C=O) groups is 1. The SMILES string of the molecule is COc1ccc(N(CC(=O)N2CCN(S(=O)(=O)c3ccc(C)cc3)CC2)S(=O)(=O)c2ccc(C)cc2)cc1OC. The van der Waals surface area contributed by atoms with Crippen LogP contribution in [0.4, 0.5) is 5.69 Å². The second-order valence-corrected chi connectivity index (χ2v) is 13.3. The van der Waals surface area contributed by atoms with Gasteiger partial charge in [0.25, 0.3) is 10.0 Å². The van der Waals surface area contributed by atoms with E-state index >= 15 is 0 Å². The zero-order chi connectivity index (χ0) is 29.1. The molecular formula is C28H33N3O7S2. The van der Waals surface area contributed by atoms with Gasteiger partial charge in [0.2, 0.25) is 15.9 Å². The van der Waals surface area contributed by atoms with Crippen molar-refractivity contribution in [2.75, 3.05) is 51.2 Å². The number of piperazine rings is 1. The number of sulfonamides is 2. The molecule has 0 radical (unpaired) electrons. The maximum absolute atomic E-state index is 13.8. The maximum Gasteiger partial charge on any atom is 0.264 e. The number of hydrogen-bond acceptors (Lipinski definition) is 7. The highest BCUT2D eigenvalue weighted by atomic mass is 32.2. The highest BCUT2D eigenvalue weighted by molar-refractivity contribution is 7.92. The van der Waals surface area contributed by atoms with Gasteiger partial charge in [0, 0.05) is 32.2 Å². The van der Waals surface area contributed by atoms with Crippen molar-refractivity contribution in [3.8, 4) is 11.5 Å². The van der Waals surface area contributed by atoms with Crippen molar-refractivity contribution in [1.82, 2.24) is 9.21 Å². The molecule has 0 aromatic heterocycles. The van der Waals surface area contributed by atoms with Gasteiger partial charge in [0.1, 0.15) is 6.54 Å². The first-order valence-electron chi connectivity index (χ1n) is 12.6. The van der Waals surface area contributed by atoms with Gasteiger partial charge in [-0.2, -0.15) is 4.31 Å². The summed E-state index contributed by atoms with van der Waals surface area (Å²) in [6.07, 6.45) is 0. The van der Waals surface area contributed by atoms with Crippen LogP contribution in [0.15, 0.2) is 76.5 Å². The predicted molar refractivity (Wildman–Crippen MR) is 152 cm³/mol. The third-order valence-corrected chi connectivity index (χ3v) is 10.5. The minimum Gasteiger partial charge on any atom is -0.493 e. The van der Waals surface area contributed by atoms with Gasteiger partial charge >= 0.3 is 0 Å². The molecule has 0 saturated carbocycles. The molecule has 0 atom stereocenters. The molecule has 40 heavy (non-hydrogen) atoms. The van der Waals surface area contributed by atoms with Crippen molar-refractivity contribution in [2.45, 2.75) is 23.6 Å². The van der Waals surface area contributed by atoms with Gasteiger partial charge < -0.3 is 14.4 Å². The number of benzene rings is 3. The van der Waals surface area contributed by atoms with E-state index in [0.717, 1.165) is 15.4 Å². The zero-order valence-corrected chi connectivity index (χ0v) is 24.5. The largest absolute Gasteiger partial charge is 0.493 e. The van der Waals surface area contributed by atoms with Crippen molar-refractivity contribution in [2.24, 2.45) is 0 Å².